The molecule has 0 atom stereocenters. The highest BCUT2D eigenvalue weighted by Gasteiger charge is 2.19. The number of nitrogens with one attached hydrogen (secondary N) is 2. The Kier molecular flexibility index (Phi) is 3.43. The van der Waals surface area contributed by atoms with Crippen LogP contribution in [0.2, 0.25) is 0 Å². The number of hydrogen-bond donors (Lipinski definition) is 2. The topological polar surface area (TPSA) is 78.1 Å². The minimum Gasteiger partial charge on any atom is -0.379 e. The molecule has 0 spiro atoms. The Hall–Kier alpha value is -3.61. The molecule has 7 nitrogen and oxygen atoms in total. The molecule has 2 aromatic carbocycles. The molecule has 2 aliphatic rings. The lowest BCUT2D eigenvalue weighted by Gasteiger charge is -2.20. The number of carbonyl (C=O) groups is 1. The van der Waals surface area contributed by atoms with Crippen LogP contribution in [0.5, 0.6) is 11.5 Å². The molecule has 0 fully saturated rings. The fourth-order valence-electron chi connectivity index (χ4n) is 2.24. The molecule has 2 aliphatic heterocycles. The molecule has 0 saturated heterocycles. The number of hydrogen-bond acceptors (Lipinski definition) is 7. The zero-order chi connectivity index (χ0) is 16.4. The van der Waals surface area contributed by atoms with E-state index in [1.165, 1.54) is 0 Å². The van der Waals surface area contributed by atoms with E-state index >= 15 is 0 Å². The van der Waals surface area contributed by atoms with Crippen LogP contribution in [0.1, 0.15) is 11.1 Å². The van der Waals surface area contributed by atoms with Crippen molar-refractivity contribution in [3.8, 4) is 11.5 Å². The number of fused-ring (bicyclic) bond motifs is 2. The van der Waals surface area contributed by atoms with Crippen LogP contribution in [0, 0.1) is 0 Å². The highest BCUT2D eigenvalue weighted by molar-refractivity contribution is 5.69. The standard InChI is InChI=1S/C17H12N2O5/c20-17(21-15-9-11-5-1-3-7-13(11)23-18-15)22-16-10-12-6-2-4-8-14(12)24-19-16/h1-10,18-19H. The molecule has 4 rings (SSSR count). The van der Waals surface area contributed by atoms with E-state index in [0.717, 1.165) is 11.1 Å². The maximum absolute atomic E-state index is 11.9. The van der Waals surface area contributed by atoms with Gasteiger partial charge in [-0.15, -0.1) is 0 Å². The molecule has 0 radical (unpaired) electrons. The van der Waals surface area contributed by atoms with Crippen molar-refractivity contribution in [3.63, 3.8) is 0 Å². The number of carbonyl (C=O) groups excluding carboxylic acids is 1. The van der Waals surface area contributed by atoms with Gasteiger partial charge in [-0.1, -0.05) is 36.4 Å². The Bertz CT molecular complexity index is 790. The Morgan fingerprint density at radius 2 is 1.21 bits per heavy atom. The summed E-state index contributed by atoms with van der Waals surface area (Å²) in [4.78, 5) is 22.4. The summed E-state index contributed by atoms with van der Waals surface area (Å²) in [5.41, 5.74) is 6.62. The molecule has 24 heavy (non-hydrogen) atoms. The van der Waals surface area contributed by atoms with Crippen molar-refractivity contribution < 1.29 is 23.9 Å². The third-order valence-electron chi connectivity index (χ3n) is 3.32. The van der Waals surface area contributed by atoms with Gasteiger partial charge in [0.1, 0.15) is 0 Å². The van der Waals surface area contributed by atoms with E-state index in [1.54, 1.807) is 24.3 Å². The van der Waals surface area contributed by atoms with Gasteiger partial charge in [-0.3, -0.25) is 0 Å². The molecule has 0 saturated carbocycles. The summed E-state index contributed by atoms with van der Waals surface area (Å²) in [6.07, 6.45) is 2.34. The van der Waals surface area contributed by atoms with Crippen molar-refractivity contribution >= 4 is 18.3 Å². The van der Waals surface area contributed by atoms with Gasteiger partial charge < -0.3 is 19.1 Å². The summed E-state index contributed by atoms with van der Waals surface area (Å²) in [6.45, 7) is 0. The van der Waals surface area contributed by atoms with Crippen molar-refractivity contribution in [2.24, 2.45) is 0 Å². The number of para-hydroxylation sites is 2. The van der Waals surface area contributed by atoms with Crippen LogP contribution in [-0.4, -0.2) is 6.16 Å². The van der Waals surface area contributed by atoms with Crippen LogP contribution >= 0.6 is 0 Å². The molecule has 0 aromatic heterocycles. The predicted octanol–water partition coefficient (Wildman–Crippen LogP) is 2.93. The maximum Gasteiger partial charge on any atom is 0.522 e. The molecule has 120 valence electrons. The van der Waals surface area contributed by atoms with Gasteiger partial charge in [0.25, 0.3) is 0 Å². The minimum atomic E-state index is -0.932. The van der Waals surface area contributed by atoms with Crippen LogP contribution in [0.15, 0.2) is 60.3 Å². The van der Waals surface area contributed by atoms with Crippen LogP contribution in [0.4, 0.5) is 4.79 Å². The predicted molar refractivity (Wildman–Crippen MR) is 83.9 cm³/mol. The van der Waals surface area contributed by atoms with Crippen LogP contribution < -0.4 is 20.6 Å². The molecule has 0 bridgehead atoms. The van der Waals surface area contributed by atoms with Gasteiger partial charge >= 0.3 is 6.16 Å². The van der Waals surface area contributed by atoms with Crippen molar-refractivity contribution in [2.75, 3.05) is 0 Å². The van der Waals surface area contributed by atoms with Crippen molar-refractivity contribution in [2.45, 2.75) is 0 Å². The third-order valence-corrected chi connectivity index (χ3v) is 3.32. The number of rotatable bonds is 2. The van der Waals surface area contributed by atoms with Gasteiger partial charge in [0.15, 0.2) is 11.5 Å². The normalized spacial score (nSPS) is 14.2. The number of ether oxygens (including phenoxy) is 2. The summed E-state index contributed by atoms with van der Waals surface area (Å²) in [5, 5.41) is 0. The van der Waals surface area contributed by atoms with Crippen molar-refractivity contribution in [3.05, 3.63) is 71.4 Å². The summed E-state index contributed by atoms with van der Waals surface area (Å²) in [5.74, 6) is 1.52. The van der Waals surface area contributed by atoms with Gasteiger partial charge in [0.2, 0.25) is 11.8 Å². The first kappa shape index (κ1) is 14.0. The summed E-state index contributed by atoms with van der Waals surface area (Å²) < 4.78 is 10.1. The van der Waals surface area contributed by atoms with Gasteiger partial charge in [-0.25, -0.2) is 4.79 Å². The fourth-order valence-corrected chi connectivity index (χ4v) is 2.24. The van der Waals surface area contributed by atoms with E-state index in [4.69, 9.17) is 19.1 Å². The molecule has 0 aliphatic carbocycles. The molecular formula is C17H12N2O5. The third kappa shape index (κ3) is 2.82. The second-order valence-electron chi connectivity index (χ2n) is 4.96. The summed E-state index contributed by atoms with van der Waals surface area (Å²) in [6, 6.07) is 14.6. The molecular weight excluding hydrogens is 312 g/mol. The van der Waals surface area contributed by atoms with E-state index in [9.17, 15) is 4.79 Å². The number of benzene rings is 2. The van der Waals surface area contributed by atoms with E-state index in [0.29, 0.717) is 11.5 Å². The molecule has 2 aromatic rings. The largest absolute Gasteiger partial charge is 0.522 e. The Labute approximate surface area is 137 Å². The maximum atomic E-state index is 11.9. The second-order valence-corrected chi connectivity index (χ2v) is 4.96. The smallest absolute Gasteiger partial charge is 0.379 e. The second kappa shape index (κ2) is 5.88. The lowest BCUT2D eigenvalue weighted by molar-refractivity contribution is 0.0547. The lowest BCUT2D eigenvalue weighted by atomic mass is 10.2. The van der Waals surface area contributed by atoms with E-state index < -0.39 is 6.16 Å². The lowest BCUT2D eigenvalue weighted by Crippen LogP contribution is -2.28. The molecule has 7 heteroatoms. The summed E-state index contributed by atoms with van der Waals surface area (Å²) in [7, 11) is 0. The fraction of sp³-hybridized carbons (Fsp3) is 0. The van der Waals surface area contributed by atoms with Crippen LogP contribution in [-0.2, 0) is 9.47 Å². The molecule has 0 amide bonds. The first-order valence-electron chi connectivity index (χ1n) is 7.15. The average molecular weight is 324 g/mol. The van der Waals surface area contributed by atoms with Gasteiger partial charge in [0.05, 0.1) is 0 Å². The molecule has 0 unspecified atom stereocenters. The Morgan fingerprint density at radius 1 is 0.750 bits per heavy atom. The summed E-state index contributed by atoms with van der Waals surface area (Å²) >= 11 is 0. The Balaban J connectivity index is 1.43. The zero-order valence-electron chi connectivity index (χ0n) is 12.3. The first-order chi connectivity index (χ1) is 11.8. The first-order valence-corrected chi connectivity index (χ1v) is 7.15. The molecule has 2 heterocycles. The van der Waals surface area contributed by atoms with Gasteiger partial charge in [-0.2, -0.15) is 11.0 Å². The number of hydroxylamine groups is 2. The Morgan fingerprint density at radius 3 is 1.71 bits per heavy atom. The van der Waals surface area contributed by atoms with Crippen molar-refractivity contribution in [1.82, 2.24) is 11.0 Å². The average Bonchev–Trinajstić information content (AvgIpc) is 2.61. The highest BCUT2D eigenvalue weighted by Crippen LogP contribution is 2.25. The van der Waals surface area contributed by atoms with Gasteiger partial charge in [-0.05, 0) is 12.1 Å². The van der Waals surface area contributed by atoms with E-state index in [2.05, 4.69) is 11.0 Å². The SMILES string of the molecule is O=C(OC1=Cc2ccccc2ON1)OC1=Cc2ccccc2ON1. The van der Waals surface area contributed by atoms with E-state index in [-0.39, 0.29) is 11.8 Å². The molecule has 2 N–H and O–H groups in total. The van der Waals surface area contributed by atoms with Crippen molar-refractivity contribution in [1.29, 1.82) is 0 Å². The van der Waals surface area contributed by atoms with Crippen LogP contribution in [0.3, 0.4) is 0 Å². The minimum absolute atomic E-state index is 0.122. The zero-order valence-corrected chi connectivity index (χ0v) is 12.3. The van der Waals surface area contributed by atoms with Crippen LogP contribution in [0.25, 0.3) is 12.2 Å². The highest BCUT2D eigenvalue weighted by atomic mass is 16.8. The quantitative estimate of drug-likeness (QED) is 0.822. The van der Waals surface area contributed by atoms with E-state index in [1.807, 2.05) is 36.4 Å². The van der Waals surface area contributed by atoms with Gasteiger partial charge in [0, 0.05) is 23.3 Å². The monoisotopic (exact) mass is 324 g/mol.